The molecule has 1 saturated heterocycles. The molecular weight excluding hydrogens is 220 g/mol. The van der Waals surface area contributed by atoms with Crippen LogP contribution in [0.25, 0.3) is 0 Å². The molecule has 1 aliphatic heterocycles. The van der Waals surface area contributed by atoms with E-state index >= 15 is 0 Å². The van der Waals surface area contributed by atoms with Gasteiger partial charge >= 0.3 is 5.97 Å². The Balaban J connectivity index is 1.62. The predicted molar refractivity (Wildman–Crippen MR) is 60.2 cm³/mol. The van der Waals surface area contributed by atoms with Crippen molar-refractivity contribution >= 4 is 11.9 Å². The van der Waals surface area contributed by atoms with Crippen molar-refractivity contribution in [3.63, 3.8) is 0 Å². The molecular formula is C12H18N2O3. The monoisotopic (exact) mass is 238 g/mol. The van der Waals surface area contributed by atoms with Crippen LogP contribution in [0.3, 0.4) is 0 Å². The summed E-state index contributed by atoms with van der Waals surface area (Å²) >= 11 is 0. The third-order valence-corrected chi connectivity index (χ3v) is 4.51. The second-order valence-electron chi connectivity index (χ2n) is 5.62. The summed E-state index contributed by atoms with van der Waals surface area (Å²) in [6.07, 6.45) is 2.11. The Bertz CT molecular complexity index is 354. The Kier molecular flexibility index (Phi) is 2.23. The minimum atomic E-state index is -0.307. The molecule has 0 atom stereocenters. The maximum absolute atomic E-state index is 12.3. The van der Waals surface area contributed by atoms with Crippen molar-refractivity contribution in [3.05, 3.63) is 0 Å². The van der Waals surface area contributed by atoms with Gasteiger partial charge in [0.05, 0.1) is 17.9 Å². The van der Waals surface area contributed by atoms with Gasteiger partial charge in [-0.15, -0.1) is 0 Å². The first-order valence-corrected chi connectivity index (χ1v) is 6.21. The Morgan fingerprint density at radius 2 is 1.71 bits per heavy atom. The molecule has 5 heteroatoms. The van der Waals surface area contributed by atoms with Crippen LogP contribution in [0.4, 0.5) is 0 Å². The van der Waals surface area contributed by atoms with E-state index < -0.39 is 0 Å². The molecule has 94 valence electrons. The van der Waals surface area contributed by atoms with Gasteiger partial charge in [-0.05, 0) is 19.3 Å². The average Bonchev–Trinajstić information content (AvgIpc) is 2.26. The molecule has 17 heavy (non-hydrogen) atoms. The smallest absolute Gasteiger partial charge is 0.311 e. The third kappa shape index (κ3) is 1.35. The van der Waals surface area contributed by atoms with Crippen LogP contribution in [0.1, 0.15) is 19.3 Å². The van der Waals surface area contributed by atoms with Gasteiger partial charge in [0.15, 0.2) is 0 Å². The fraction of sp³-hybridized carbons (Fsp3) is 0.833. The number of hydrogen-bond acceptors (Lipinski definition) is 4. The van der Waals surface area contributed by atoms with E-state index in [9.17, 15) is 9.59 Å². The largest absolute Gasteiger partial charge is 0.469 e. The first kappa shape index (κ1) is 11.0. The number of hydrogen-bond donors (Lipinski definition) is 1. The van der Waals surface area contributed by atoms with Crippen LogP contribution in [0.15, 0.2) is 0 Å². The predicted octanol–water partition coefficient (Wildman–Crippen LogP) is -0.238. The van der Waals surface area contributed by atoms with Gasteiger partial charge in [-0.25, -0.2) is 0 Å². The van der Waals surface area contributed by atoms with Crippen LogP contribution in [-0.2, 0) is 14.3 Å². The van der Waals surface area contributed by atoms with E-state index in [2.05, 4.69) is 5.32 Å². The van der Waals surface area contributed by atoms with Crippen LogP contribution >= 0.6 is 0 Å². The molecule has 0 radical (unpaired) electrons. The number of nitrogens with one attached hydrogen (secondary N) is 1. The zero-order valence-corrected chi connectivity index (χ0v) is 10.1. The quantitative estimate of drug-likeness (QED) is 0.675. The lowest BCUT2D eigenvalue weighted by Crippen LogP contribution is -2.71. The number of nitrogens with zero attached hydrogens (tertiary/aromatic N) is 1. The van der Waals surface area contributed by atoms with E-state index in [4.69, 9.17) is 4.74 Å². The molecule has 5 nitrogen and oxygen atoms in total. The summed E-state index contributed by atoms with van der Waals surface area (Å²) in [5.74, 6) is 0.122. The molecule has 0 aromatic heterocycles. The second kappa shape index (κ2) is 3.45. The number of carbonyl (C=O) groups excluding carboxylic acids is 2. The van der Waals surface area contributed by atoms with Crippen LogP contribution in [0.2, 0.25) is 0 Å². The molecule has 3 saturated carbocycles. The highest BCUT2D eigenvalue weighted by molar-refractivity contribution is 5.93. The second-order valence-corrected chi connectivity index (χ2v) is 5.62. The highest BCUT2D eigenvalue weighted by Crippen LogP contribution is 2.74. The van der Waals surface area contributed by atoms with Crippen LogP contribution in [-0.4, -0.2) is 50.1 Å². The topological polar surface area (TPSA) is 58.6 Å². The highest BCUT2D eigenvalue weighted by Gasteiger charge is 2.76. The van der Waals surface area contributed by atoms with E-state index in [0.717, 1.165) is 26.2 Å². The van der Waals surface area contributed by atoms with Gasteiger partial charge in [-0.1, -0.05) is 0 Å². The summed E-state index contributed by atoms with van der Waals surface area (Å²) in [4.78, 5) is 25.8. The summed E-state index contributed by atoms with van der Waals surface area (Å²) in [6.45, 7) is 3.35. The molecule has 0 spiro atoms. The van der Waals surface area contributed by atoms with Crippen LogP contribution in [0.5, 0.6) is 0 Å². The number of amides is 1. The van der Waals surface area contributed by atoms with Gasteiger partial charge in [-0.2, -0.15) is 0 Å². The van der Waals surface area contributed by atoms with Gasteiger partial charge in [0, 0.05) is 26.2 Å². The molecule has 1 heterocycles. The summed E-state index contributed by atoms with van der Waals surface area (Å²) < 4.78 is 4.79. The first-order chi connectivity index (χ1) is 8.12. The normalized spacial score (nSPS) is 39.0. The minimum absolute atomic E-state index is 0.132. The van der Waals surface area contributed by atoms with E-state index in [0.29, 0.717) is 19.3 Å². The lowest BCUT2D eigenvalue weighted by Gasteiger charge is -2.67. The zero-order valence-electron chi connectivity index (χ0n) is 10.1. The van der Waals surface area contributed by atoms with Crippen molar-refractivity contribution in [2.45, 2.75) is 19.3 Å². The van der Waals surface area contributed by atoms with Crippen molar-refractivity contribution < 1.29 is 14.3 Å². The minimum Gasteiger partial charge on any atom is -0.469 e. The number of carbonyl (C=O) groups is 2. The van der Waals surface area contributed by atoms with E-state index in [1.54, 1.807) is 0 Å². The van der Waals surface area contributed by atoms with E-state index in [-0.39, 0.29) is 22.7 Å². The lowest BCUT2D eigenvalue weighted by atomic mass is 9.34. The number of methoxy groups -OCH3 is 1. The van der Waals surface area contributed by atoms with Crippen molar-refractivity contribution in [2.24, 2.45) is 10.8 Å². The summed E-state index contributed by atoms with van der Waals surface area (Å²) in [5.41, 5.74) is -0.524. The molecule has 1 amide bonds. The molecule has 3 aliphatic carbocycles. The molecule has 0 unspecified atom stereocenters. The van der Waals surface area contributed by atoms with Crippen LogP contribution < -0.4 is 5.32 Å². The highest BCUT2D eigenvalue weighted by atomic mass is 16.5. The molecule has 4 fully saturated rings. The Hall–Kier alpha value is -1.10. The van der Waals surface area contributed by atoms with Gasteiger partial charge in [-0.3, -0.25) is 9.59 Å². The van der Waals surface area contributed by atoms with Crippen LogP contribution in [0, 0.1) is 10.8 Å². The maximum atomic E-state index is 12.3. The molecule has 0 aromatic rings. The van der Waals surface area contributed by atoms with Crippen molar-refractivity contribution in [1.29, 1.82) is 0 Å². The van der Waals surface area contributed by atoms with Crippen molar-refractivity contribution in [1.82, 2.24) is 10.2 Å². The SMILES string of the molecule is COC(=O)C12CC(C(=O)N3CCNCC3)(C1)C2. The number of ether oxygens (including phenoxy) is 1. The average molecular weight is 238 g/mol. The molecule has 4 rings (SSSR count). The van der Waals surface area contributed by atoms with Gasteiger partial charge < -0.3 is 15.0 Å². The third-order valence-electron chi connectivity index (χ3n) is 4.51. The fourth-order valence-corrected chi connectivity index (χ4v) is 3.65. The lowest BCUT2D eigenvalue weighted by molar-refractivity contribution is -0.228. The van der Waals surface area contributed by atoms with E-state index in [1.165, 1.54) is 7.11 Å². The molecule has 1 N–H and O–H groups in total. The first-order valence-electron chi connectivity index (χ1n) is 6.21. The zero-order chi connectivity index (χ0) is 12.1. The van der Waals surface area contributed by atoms with E-state index in [1.807, 2.05) is 4.90 Å². The Morgan fingerprint density at radius 1 is 1.12 bits per heavy atom. The number of rotatable bonds is 2. The number of piperazine rings is 1. The van der Waals surface area contributed by atoms with Gasteiger partial charge in [0.2, 0.25) is 5.91 Å². The standard InChI is InChI=1S/C12H18N2O3/c1-17-10(16)12-6-11(7-12,8-12)9(15)14-4-2-13-3-5-14/h13H,2-8H2,1H3. The Labute approximate surface area is 100 Å². The summed E-state index contributed by atoms with van der Waals surface area (Å²) in [7, 11) is 1.42. The maximum Gasteiger partial charge on any atom is 0.311 e. The van der Waals surface area contributed by atoms with Crippen molar-refractivity contribution in [2.75, 3.05) is 33.3 Å². The molecule has 2 bridgehead atoms. The fourth-order valence-electron chi connectivity index (χ4n) is 3.65. The molecule has 4 aliphatic rings. The summed E-state index contributed by atoms with van der Waals surface area (Å²) in [6, 6.07) is 0. The number of esters is 1. The van der Waals surface area contributed by atoms with Gasteiger partial charge in [0.1, 0.15) is 0 Å². The summed E-state index contributed by atoms with van der Waals surface area (Å²) in [5, 5.41) is 3.24. The molecule has 0 aromatic carbocycles. The van der Waals surface area contributed by atoms with Crippen molar-refractivity contribution in [3.8, 4) is 0 Å². The van der Waals surface area contributed by atoms with Gasteiger partial charge in [0.25, 0.3) is 0 Å². The Morgan fingerprint density at radius 3 is 2.24 bits per heavy atom.